The summed E-state index contributed by atoms with van der Waals surface area (Å²) in [7, 11) is 0. The topological polar surface area (TPSA) is 62.1 Å². The Morgan fingerprint density at radius 2 is 1.70 bits per heavy atom. The molecule has 0 saturated heterocycles. The summed E-state index contributed by atoms with van der Waals surface area (Å²) in [6.07, 6.45) is 1.28. The minimum atomic E-state index is -2.95. The van der Waals surface area contributed by atoms with Crippen LogP contribution < -0.4 is 10.1 Å². The van der Waals surface area contributed by atoms with Crippen molar-refractivity contribution in [1.82, 2.24) is 0 Å². The Bertz CT molecular complexity index is 847. The zero-order valence-electron chi connectivity index (χ0n) is 13.5. The van der Waals surface area contributed by atoms with Crippen molar-refractivity contribution in [2.75, 3.05) is 5.32 Å². The number of benzene rings is 2. The van der Waals surface area contributed by atoms with Gasteiger partial charge in [-0.05, 0) is 48.0 Å². The minimum Gasteiger partial charge on any atom is -0.435 e. The van der Waals surface area contributed by atoms with Gasteiger partial charge in [-0.25, -0.2) is 0 Å². The molecule has 1 amide bonds. The molecule has 2 aromatic rings. The first-order valence-corrected chi connectivity index (χ1v) is 8.28. The fourth-order valence-electron chi connectivity index (χ4n) is 1.98. The highest BCUT2D eigenvalue weighted by Crippen LogP contribution is 2.26. The molecule has 0 spiro atoms. The van der Waals surface area contributed by atoms with Gasteiger partial charge >= 0.3 is 6.61 Å². The normalized spacial score (nSPS) is 11.4. The van der Waals surface area contributed by atoms with Gasteiger partial charge in [0.25, 0.3) is 11.7 Å². The quantitative estimate of drug-likeness (QED) is 0.304. The van der Waals surface area contributed by atoms with Gasteiger partial charge < -0.3 is 10.1 Å². The zero-order valence-corrected chi connectivity index (χ0v) is 14.4. The van der Waals surface area contributed by atoms with Gasteiger partial charge in [0, 0.05) is 10.6 Å². The molecule has 0 bridgehead atoms. The van der Waals surface area contributed by atoms with Crippen LogP contribution in [0, 0.1) is 11.3 Å². The molecule has 0 atom stereocenters. The highest BCUT2D eigenvalue weighted by Gasteiger charge is 2.11. The van der Waals surface area contributed by atoms with Crippen molar-refractivity contribution < 1.29 is 27.1 Å². The van der Waals surface area contributed by atoms with E-state index in [9.17, 15) is 22.4 Å². The van der Waals surface area contributed by atoms with Crippen molar-refractivity contribution in [3.8, 4) is 11.8 Å². The molecular formula is C18H12F4N2O2S. The molecule has 0 heterocycles. The molecule has 4 nitrogen and oxygen atoms in total. The van der Waals surface area contributed by atoms with Crippen molar-refractivity contribution in [2.24, 2.45) is 0 Å². The second-order valence-corrected chi connectivity index (χ2v) is 6.04. The number of hydrogen-bond donors (Lipinski definition) is 1. The number of amides is 1. The SMILES string of the molecule is N#C/C(=C/c1ccc(OC(F)F)cc1)C(=O)Nc1ccc(SC(F)F)cc1. The summed E-state index contributed by atoms with van der Waals surface area (Å²) in [5.74, 6) is -3.29. The third-order valence-electron chi connectivity index (χ3n) is 3.12. The highest BCUT2D eigenvalue weighted by atomic mass is 32.2. The molecule has 0 unspecified atom stereocenters. The summed E-state index contributed by atoms with van der Waals surface area (Å²) in [5.41, 5.74) is 0.552. The Labute approximate surface area is 156 Å². The van der Waals surface area contributed by atoms with E-state index in [0.717, 1.165) is 0 Å². The highest BCUT2D eigenvalue weighted by molar-refractivity contribution is 7.99. The van der Waals surface area contributed by atoms with Crippen LogP contribution >= 0.6 is 11.8 Å². The average Bonchev–Trinajstić information content (AvgIpc) is 2.61. The van der Waals surface area contributed by atoms with Crippen LogP contribution in [0.3, 0.4) is 0 Å². The van der Waals surface area contributed by atoms with E-state index < -0.39 is 18.3 Å². The number of nitriles is 1. The van der Waals surface area contributed by atoms with Gasteiger partial charge in [0.2, 0.25) is 0 Å². The standard InChI is InChI=1S/C18H12F4N2O2S/c19-17(20)26-14-5-1-11(2-6-14)9-12(10-23)16(25)24-13-3-7-15(8-4-13)27-18(21)22/h1-9,17-18H,(H,24,25)/b12-9-. The summed E-state index contributed by atoms with van der Waals surface area (Å²) in [5, 5.41) is 11.6. The number of carbonyl (C=O) groups excluding carboxylic acids is 1. The molecule has 0 fully saturated rings. The summed E-state index contributed by atoms with van der Waals surface area (Å²) < 4.78 is 53.0. The van der Waals surface area contributed by atoms with E-state index >= 15 is 0 Å². The molecule has 1 N–H and O–H groups in total. The molecule has 0 aliphatic carbocycles. The van der Waals surface area contributed by atoms with E-state index in [4.69, 9.17) is 5.26 Å². The van der Waals surface area contributed by atoms with Crippen LogP contribution in [0.1, 0.15) is 5.56 Å². The number of rotatable bonds is 7. The Kier molecular flexibility index (Phi) is 7.25. The lowest BCUT2D eigenvalue weighted by atomic mass is 10.1. The third kappa shape index (κ3) is 6.67. The second-order valence-electron chi connectivity index (χ2n) is 4.97. The molecule has 0 aliphatic heterocycles. The molecule has 9 heteroatoms. The predicted molar refractivity (Wildman–Crippen MR) is 93.6 cm³/mol. The first-order valence-electron chi connectivity index (χ1n) is 7.40. The van der Waals surface area contributed by atoms with Gasteiger partial charge in [0.1, 0.15) is 17.4 Å². The van der Waals surface area contributed by atoms with Crippen molar-refractivity contribution in [3.05, 3.63) is 59.7 Å². The van der Waals surface area contributed by atoms with Gasteiger partial charge in [-0.2, -0.15) is 22.8 Å². The van der Waals surface area contributed by atoms with Gasteiger partial charge in [-0.1, -0.05) is 23.9 Å². The van der Waals surface area contributed by atoms with E-state index in [1.54, 1.807) is 6.07 Å². The van der Waals surface area contributed by atoms with Crippen molar-refractivity contribution in [1.29, 1.82) is 5.26 Å². The number of anilines is 1. The maximum absolute atomic E-state index is 12.3. The van der Waals surface area contributed by atoms with E-state index in [-0.39, 0.29) is 11.3 Å². The summed E-state index contributed by atoms with van der Waals surface area (Å²) in [6, 6.07) is 12.9. The number of nitrogens with one attached hydrogen (secondary N) is 1. The van der Waals surface area contributed by atoms with Crippen molar-refractivity contribution >= 4 is 29.4 Å². The van der Waals surface area contributed by atoms with E-state index in [0.29, 0.717) is 27.9 Å². The maximum atomic E-state index is 12.3. The number of ether oxygens (including phenoxy) is 1. The van der Waals surface area contributed by atoms with Crippen LogP contribution in [0.25, 0.3) is 6.08 Å². The molecule has 0 aliphatic rings. The van der Waals surface area contributed by atoms with Crippen LogP contribution in [-0.4, -0.2) is 18.3 Å². The smallest absolute Gasteiger partial charge is 0.387 e. The number of nitrogens with zero attached hydrogens (tertiary/aromatic N) is 1. The van der Waals surface area contributed by atoms with Gasteiger partial charge in [-0.3, -0.25) is 4.79 Å². The Balaban J connectivity index is 2.06. The van der Waals surface area contributed by atoms with Gasteiger partial charge in [0.05, 0.1) is 0 Å². The monoisotopic (exact) mass is 396 g/mol. The minimum absolute atomic E-state index is 0.0492. The first-order chi connectivity index (χ1) is 12.9. The molecule has 2 aromatic carbocycles. The Morgan fingerprint density at radius 1 is 1.07 bits per heavy atom. The molecule has 27 heavy (non-hydrogen) atoms. The van der Waals surface area contributed by atoms with Crippen LogP contribution in [0.2, 0.25) is 0 Å². The summed E-state index contributed by atoms with van der Waals surface area (Å²) in [6.45, 7) is -2.95. The van der Waals surface area contributed by atoms with E-state index in [1.807, 2.05) is 0 Å². The van der Waals surface area contributed by atoms with Crippen LogP contribution in [-0.2, 0) is 4.79 Å². The van der Waals surface area contributed by atoms with Crippen LogP contribution in [0.15, 0.2) is 59.0 Å². The first kappa shape index (κ1) is 20.3. The molecule has 0 radical (unpaired) electrons. The van der Waals surface area contributed by atoms with Crippen molar-refractivity contribution in [3.63, 3.8) is 0 Å². The number of thioether (sulfide) groups is 1. The number of hydrogen-bond acceptors (Lipinski definition) is 4. The summed E-state index contributed by atoms with van der Waals surface area (Å²) in [4.78, 5) is 12.5. The number of carbonyl (C=O) groups is 1. The van der Waals surface area contributed by atoms with E-state index in [2.05, 4.69) is 10.1 Å². The fraction of sp³-hybridized carbons (Fsp3) is 0.111. The molecule has 140 valence electrons. The lowest BCUT2D eigenvalue weighted by Gasteiger charge is -2.06. The average molecular weight is 396 g/mol. The Hall–Kier alpha value is -2.99. The second kappa shape index (κ2) is 9.64. The molecule has 2 rings (SSSR count). The van der Waals surface area contributed by atoms with Crippen LogP contribution in [0.4, 0.5) is 23.2 Å². The van der Waals surface area contributed by atoms with Gasteiger partial charge in [-0.15, -0.1) is 0 Å². The number of halogens is 4. The fourth-order valence-corrected chi connectivity index (χ4v) is 2.48. The largest absolute Gasteiger partial charge is 0.435 e. The number of alkyl halides is 4. The zero-order chi connectivity index (χ0) is 19.8. The van der Waals surface area contributed by atoms with Crippen LogP contribution in [0.5, 0.6) is 5.75 Å². The van der Waals surface area contributed by atoms with E-state index in [1.165, 1.54) is 54.6 Å². The Morgan fingerprint density at radius 3 is 2.22 bits per heavy atom. The van der Waals surface area contributed by atoms with Gasteiger partial charge in [0.15, 0.2) is 0 Å². The maximum Gasteiger partial charge on any atom is 0.387 e. The third-order valence-corrected chi connectivity index (χ3v) is 3.84. The predicted octanol–water partition coefficient (Wildman–Crippen LogP) is 5.15. The molecule has 0 saturated carbocycles. The lowest BCUT2D eigenvalue weighted by Crippen LogP contribution is -2.13. The lowest BCUT2D eigenvalue weighted by molar-refractivity contribution is -0.112. The summed E-state index contributed by atoms with van der Waals surface area (Å²) >= 11 is 0.376. The molecular weight excluding hydrogens is 384 g/mol. The van der Waals surface area contributed by atoms with Crippen molar-refractivity contribution in [2.45, 2.75) is 17.3 Å². The molecule has 0 aromatic heterocycles.